The first-order chi connectivity index (χ1) is 9.16. The van der Waals surface area contributed by atoms with Gasteiger partial charge in [-0.25, -0.2) is 0 Å². The Hall–Kier alpha value is -1.77. The lowest BCUT2D eigenvalue weighted by Crippen LogP contribution is -2.35. The Morgan fingerprint density at radius 1 is 1.21 bits per heavy atom. The van der Waals surface area contributed by atoms with Crippen molar-refractivity contribution in [3.63, 3.8) is 0 Å². The van der Waals surface area contributed by atoms with Gasteiger partial charge in [-0.15, -0.1) is 0 Å². The largest absolute Gasteiger partial charge is 0.369 e. The fraction of sp³-hybridized carbons (Fsp3) is 0.438. The molecule has 100 valence electrons. The van der Waals surface area contributed by atoms with Crippen LogP contribution in [0.1, 0.15) is 25.8 Å². The van der Waals surface area contributed by atoms with Gasteiger partial charge in [0.1, 0.15) is 0 Å². The van der Waals surface area contributed by atoms with Crippen molar-refractivity contribution in [1.29, 1.82) is 0 Å². The number of fused-ring (bicyclic) bond motifs is 1. The van der Waals surface area contributed by atoms with Crippen LogP contribution in [-0.4, -0.2) is 22.4 Å². The van der Waals surface area contributed by atoms with E-state index in [-0.39, 0.29) is 0 Å². The maximum absolute atomic E-state index is 4.25. The molecule has 0 aliphatic carbocycles. The van der Waals surface area contributed by atoms with E-state index in [1.54, 1.807) is 0 Å². The topological polar surface area (TPSA) is 21.1 Å². The summed E-state index contributed by atoms with van der Waals surface area (Å²) >= 11 is 0. The van der Waals surface area contributed by atoms with Crippen molar-refractivity contribution >= 4 is 5.69 Å². The van der Waals surface area contributed by atoms with Crippen molar-refractivity contribution in [2.24, 2.45) is 7.05 Å². The van der Waals surface area contributed by atoms with Crippen molar-refractivity contribution in [2.75, 3.05) is 11.4 Å². The van der Waals surface area contributed by atoms with Gasteiger partial charge in [-0.1, -0.05) is 6.07 Å². The van der Waals surface area contributed by atoms with Crippen LogP contribution in [0.25, 0.3) is 11.3 Å². The molecule has 0 bridgehead atoms. The molecule has 0 saturated carbocycles. The zero-order valence-corrected chi connectivity index (χ0v) is 11.9. The van der Waals surface area contributed by atoms with Crippen molar-refractivity contribution in [3.05, 3.63) is 36.0 Å². The predicted octanol–water partition coefficient (Wildman–Crippen LogP) is 3.25. The molecule has 3 heteroatoms. The van der Waals surface area contributed by atoms with Crippen LogP contribution in [-0.2, 0) is 13.5 Å². The molecule has 0 amide bonds. The Balaban J connectivity index is 2.03. The molecule has 2 aromatic rings. The monoisotopic (exact) mass is 255 g/mol. The van der Waals surface area contributed by atoms with Crippen molar-refractivity contribution in [2.45, 2.75) is 32.7 Å². The Labute approximate surface area is 114 Å². The number of hydrogen-bond acceptors (Lipinski definition) is 2. The summed E-state index contributed by atoms with van der Waals surface area (Å²) in [6.45, 7) is 5.71. The minimum Gasteiger partial charge on any atom is -0.369 e. The number of rotatable bonds is 2. The standard InChI is InChI=1S/C16H21N3/c1-12(2)19-10-4-5-13-11-14(6-7-16(13)19)15-8-9-17-18(15)3/h6-9,11-12H,4-5,10H2,1-3H3. The molecule has 0 unspecified atom stereocenters. The molecule has 0 saturated heterocycles. The van der Waals surface area contributed by atoms with E-state index < -0.39 is 0 Å². The summed E-state index contributed by atoms with van der Waals surface area (Å²) in [5.41, 5.74) is 5.33. The van der Waals surface area contributed by atoms with Crippen LogP contribution in [0.4, 0.5) is 5.69 Å². The van der Waals surface area contributed by atoms with Gasteiger partial charge in [-0.05, 0) is 50.5 Å². The Morgan fingerprint density at radius 2 is 2.05 bits per heavy atom. The molecule has 1 aromatic heterocycles. The fourth-order valence-corrected chi connectivity index (χ4v) is 2.98. The minimum atomic E-state index is 0.571. The Bertz CT molecular complexity index is 583. The number of anilines is 1. The molecule has 3 nitrogen and oxygen atoms in total. The fourth-order valence-electron chi connectivity index (χ4n) is 2.98. The van der Waals surface area contributed by atoms with Gasteiger partial charge in [-0.3, -0.25) is 4.68 Å². The summed E-state index contributed by atoms with van der Waals surface area (Å²) in [6.07, 6.45) is 4.29. The molecule has 1 aliphatic rings. The van der Waals surface area contributed by atoms with E-state index in [9.17, 15) is 0 Å². The molecule has 2 heterocycles. The molecule has 0 spiro atoms. The smallest absolute Gasteiger partial charge is 0.0679 e. The lowest BCUT2D eigenvalue weighted by atomic mass is 9.97. The average molecular weight is 255 g/mol. The van der Waals surface area contributed by atoms with Crippen LogP contribution in [0.15, 0.2) is 30.5 Å². The zero-order chi connectivity index (χ0) is 13.4. The molecule has 0 radical (unpaired) electrons. The highest BCUT2D eigenvalue weighted by Gasteiger charge is 2.19. The lowest BCUT2D eigenvalue weighted by Gasteiger charge is -2.35. The van der Waals surface area contributed by atoms with Crippen molar-refractivity contribution in [3.8, 4) is 11.3 Å². The van der Waals surface area contributed by atoms with E-state index in [2.05, 4.69) is 48.1 Å². The molecule has 0 N–H and O–H groups in total. The maximum Gasteiger partial charge on any atom is 0.0679 e. The third kappa shape index (κ3) is 2.14. The highest BCUT2D eigenvalue weighted by Crippen LogP contribution is 2.32. The van der Waals surface area contributed by atoms with Crippen LogP contribution in [0.3, 0.4) is 0 Å². The minimum absolute atomic E-state index is 0.571. The van der Waals surface area contributed by atoms with Gasteiger partial charge >= 0.3 is 0 Å². The quantitative estimate of drug-likeness (QED) is 0.821. The van der Waals surface area contributed by atoms with Crippen LogP contribution >= 0.6 is 0 Å². The van der Waals surface area contributed by atoms with Gasteiger partial charge in [0.25, 0.3) is 0 Å². The number of hydrogen-bond donors (Lipinski definition) is 0. The summed E-state index contributed by atoms with van der Waals surface area (Å²) in [7, 11) is 2.00. The van der Waals surface area contributed by atoms with Gasteiger partial charge in [0.15, 0.2) is 0 Å². The lowest BCUT2D eigenvalue weighted by molar-refractivity contribution is 0.626. The maximum atomic E-state index is 4.25. The first kappa shape index (κ1) is 12.3. The molecular formula is C16H21N3. The molecular weight excluding hydrogens is 234 g/mol. The average Bonchev–Trinajstić information content (AvgIpc) is 2.83. The third-order valence-corrected chi connectivity index (χ3v) is 3.97. The van der Waals surface area contributed by atoms with Crippen molar-refractivity contribution in [1.82, 2.24) is 9.78 Å². The van der Waals surface area contributed by atoms with Crippen LogP contribution in [0, 0.1) is 0 Å². The second kappa shape index (κ2) is 4.72. The molecule has 0 fully saturated rings. The Kier molecular flexibility index (Phi) is 3.05. The summed E-state index contributed by atoms with van der Waals surface area (Å²) in [6, 6.07) is 9.47. The SMILES string of the molecule is CC(C)N1CCCc2cc(-c3ccnn3C)ccc21. The second-order valence-electron chi connectivity index (χ2n) is 5.57. The van der Waals surface area contributed by atoms with Gasteiger partial charge in [-0.2, -0.15) is 5.10 Å². The van der Waals surface area contributed by atoms with E-state index in [0.717, 1.165) is 0 Å². The van der Waals surface area contributed by atoms with Crippen LogP contribution in [0.2, 0.25) is 0 Å². The molecule has 3 rings (SSSR count). The first-order valence-electron chi connectivity index (χ1n) is 7.05. The predicted molar refractivity (Wildman–Crippen MR) is 79.4 cm³/mol. The highest BCUT2D eigenvalue weighted by molar-refractivity contribution is 5.67. The number of aromatic nitrogens is 2. The van der Waals surface area contributed by atoms with E-state index in [1.165, 1.54) is 41.9 Å². The number of benzene rings is 1. The summed E-state index contributed by atoms with van der Waals surface area (Å²) in [5, 5.41) is 4.25. The van der Waals surface area contributed by atoms with E-state index >= 15 is 0 Å². The molecule has 1 aromatic carbocycles. The van der Waals surface area contributed by atoms with Gasteiger partial charge < -0.3 is 4.90 Å². The summed E-state index contributed by atoms with van der Waals surface area (Å²) in [5.74, 6) is 0. The first-order valence-corrected chi connectivity index (χ1v) is 7.05. The van der Waals surface area contributed by atoms with E-state index in [4.69, 9.17) is 0 Å². The third-order valence-electron chi connectivity index (χ3n) is 3.97. The molecule has 19 heavy (non-hydrogen) atoms. The highest BCUT2D eigenvalue weighted by atomic mass is 15.3. The number of aryl methyl sites for hydroxylation is 2. The van der Waals surface area contributed by atoms with E-state index in [1.807, 2.05) is 17.9 Å². The van der Waals surface area contributed by atoms with Gasteiger partial charge in [0.05, 0.1) is 5.69 Å². The summed E-state index contributed by atoms with van der Waals surface area (Å²) in [4.78, 5) is 2.51. The van der Waals surface area contributed by atoms with Crippen LogP contribution in [0.5, 0.6) is 0 Å². The summed E-state index contributed by atoms with van der Waals surface area (Å²) < 4.78 is 1.94. The molecule has 0 atom stereocenters. The van der Waals surface area contributed by atoms with Crippen LogP contribution < -0.4 is 4.90 Å². The van der Waals surface area contributed by atoms with Crippen molar-refractivity contribution < 1.29 is 0 Å². The van der Waals surface area contributed by atoms with Gasteiger partial charge in [0.2, 0.25) is 0 Å². The number of nitrogens with zero attached hydrogens (tertiary/aromatic N) is 3. The normalized spacial score (nSPS) is 14.8. The van der Waals surface area contributed by atoms with E-state index in [0.29, 0.717) is 6.04 Å². The molecule has 1 aliphatic heterocycles. The van der Waals surface area contributed by atoms with Gasteiger partial charge in [0, 0.05) is 37.1 Å². The second-order valence-corrected chi connectivity index (χ2v) is 5.57. The Morgan fingerprint density at radius 3 is 2.74 bits per heavy atom. The zero-order valence-electron chi connectivity index (χ0n) is 11.9.